The summed E-state index contributed by atoms with van der Waals surface area (Å²) in [6.45, 7) is 6.62. The van der Waals surface area contributed by atoms with Gasteiger partial charge in [0.1, 0.15) is 34.7 Å². The molecule has 0 spiro atoms. The highest BCUT2D eigenvalue weighted by molar-refractivity contribution is 7.91. The Bertz CT molecular complexity index is 1360. The Balaban J connectivity index is 2.18. The summed E-state index contributed by atoms with van der Waals surface area (Å²) in [5.74, 6) is -0.000110. The fourth-order valence-electron chi connectivity index (χ4n) is 3.11. The van der Waals surface area contributed by atoms with Gasteiger partial charge in [-0.05, 0) is 26.8 Å². The molecule has 0 fully saturated rings. The van der Waals surface area contributed by atoms with Gasteiger partial charge in [0, 0.05) is 13.1 Å². The van der Waals surface area contributed by atoms with E-state index in [9.17, 15) is 21.6 Å². The van der Waals surface area contributed by atoms with E-state index < -0.39 is 27.3 Å². The number of hydrogen-bond acceptors (Lipinski definition) is 8. The maximum absolute atomic E-state index is 13.1. The topological polar surface area (TPSA) is 109 Å². The summed E-state index contributed by atoms with van der Waals surface area (Å²) >= 11 is 0. The molecule has 0 amide bonds. The van der Waals surface area contributed by atoms with Crippen LogP contribution in [0.1, 0.15) is 33.4 Å². The number of aryl methyl sites for hydroxylation is 1. The monoisotopic (exact) mass is 499 g/mol. The van der Waals surface area contributed by atoms with Crippen molar-refractivity contribution in [2.45, 2.75) is 44.4 Å². The quantitative estimate of drug-likeness (QED) is 0.357. The summed E-state index contributed by atoms with van der Waals surface area (Å²) < 4.78 is 72.5. The number of alkyl halides is 3. The Kier molecular flexibility index (Phi) is 6.62. The van der Waals surface area contributed by atoms with Gasteiger partial charge in [-0.3, -0.25) is 0 Å². The molecule has 13 heteroatoms. The number of sulfone groups is 1. The Morgan fingerprint density at radius 3 is 2.44 bits per heavy atom. The minimum Gasteiger partial charge on any atom is -0.480 e. The molecule has 0 aliphatic rings. The Hall–Kier alpha value is -3.22. The molecule has 0 radical (unpaired) electrons. The van der Waals surface area contributed by atoms with Crippen molar-refractivity contribution >= 4 is 26.6 Å². The number of ether oxygens (including phenoxy) is 1. The maximum atomic E-state index is 13.1. The molecule has 0 bridgehead atoms. The number of nitrogens with zero attached hydrogens (tertiary/aromatic N) is 5. The van der Waals surface area contributed by atoms with Crippen molar-refractivity contribution in [3.8, 4) is 17.3 Å². The SMILES string of the molecule is CCS(=O)(=O)c1cc(OC(C)(C)/C(C)=N/OC)cnc1-c1nc2cc(C(F)(F)F)ncc2n1C. The number of pyridine rings is 2. The predicted octanol–water partition coefficient (Wildman–Crippen LogP) is 4.02. The van der Waals surface area contributed by atoms with Gasteiger partial charge in [0.25, 0.3) is 0 Å². The molecule has 3 rings (SSSR count). The van der Waals surface area contributed by atoms with Gasteiger partial charge >= 0.3 is 6.18 Å². The van der Waals surface area contributed by atoms with Crippen molar-refractivity contribution in [1.82, 2.24) is 19.5 Å². The van der Waals surface area contributed by atoms with E-state index in [1.54, 1.807) is 27.8 Å². The Morgan fingerprint density at radius 2 is 1.85 bits per heavy atom. The molecule has 0 N–H and O–H groups in total. The summed E-state index contributed by atoms with van der Waals surface area (Å²) in [4.78, 5) is 16.6. The third-order valence-corrected chi connectivity index (χ3v) is 7.03. The predicted molar refractivity (Wildman–Crippen MR) is 119 cm³/mol. The van der Waals surface area contributed by atoms with E-state index in [0.29, 0.717) is 5.71 Å². The molecule has 0 aliphatic heterocycles. The first-order valence-corrected chi connectivity index (χ1v) is 11.8. The first kappa shape index (κ1) is 25.4. The van der Waals surface area contributed by atoms with Crippen LogP contribution in [0.15, 0.2) is 34.6 Å². The second kappa shape index (κ2) is 8.85. The lowest BCUT2D eigenvalue weighted by Crippen LogP contribution is -2.36. The molecule has 9 nitrogen and oxygen atoms in total. The third kappa shape index (κ3) is 4.83. The van der Waals surface area contributed by atoms with Gasteiger partial charge < -0.3 is 14.1 Å². The first-order valence-electron chi connectivity index (χ1n) is 10.1. The molecule has 3 aromatic rings. The lowest BCUT2D eigenvalue weighted by molar-refractivity contribution is -0.141. The number of rotatable bonds is 7. The summed E-state index contributed by atoms with van der Waals surface area (Å²) in [6.07, 6.45) is -2.28. The summed E-state index contributed by atoms with van der Waals surface area (Å²) in [5.41, 5.74) is -1.25. The normalized spacial score (nSPS) is 13.4. The molecule has 0 unspecified atom stereocenters. The van der Waals surface area contributed by atoms with Crippen LogP contribution < -0.4 is 4.74 Å². The summed E-state index contributed by atoms with van der Waals surface area (Å²) in [6, 6.07) is 2.13. The van der Waals surface area contributed by atoms with Crippen LogP contribution in [0.2, 0.25) is 0 Å². The van der Waals surface area contributed by atoms with Crippen LogP contribution in [-0.4, -0.2) is 52.1 Å². The van der Waals surface area contributed by atoms with Crippen LogP contribution in [0.4, 0.5) is 13.2 Å². The van der Waals surface area contributed by atoms with E-state index in [1.165, 1.54) is 30.9 Å². The van der Waals surface area contributed by atoms with Gasteiger partial charge in [0.2, 0.25) is 0 Å². The second-order valence-electron chi connectivity index (χ2n) is 7.94. The Labute approximate surface area is 194 Å². The van der Waals surface area contributed by atoms with E-state index in [0.717, 1.165) is 12.3 Å². The van der Waals surface area contributed by atoms with Crippen molar-refractivity contribution < 1.29 is 31.2 Å². The Morgan fingerprint density at radius 1 is 1.18 bits per heavy atom. The molecule has 0 aliphatic carbocycles. The molecule has 3 heterocycles. The zero-order chi connectivity index (χ0) is 25.5. The zero-order valence-electron chi connectivity index (χ0n) is 19.4. The summed E-state index contributed by atoms with van der Waals surface area (Å²) in [7, 11) is -0.879. The van der Waals surface area contributed by atoms with Gasteiger partial charge in [-0.25, -0.2) is 23.4 Å². The van der Waals surface area contributed by atoms with Crippen LogP contribution >= 0.6 is 0 Å². The molecular formula is C21H24F3N5O4S. The smallest absolute Gasteiger partial charge is 0.433 e. The number of imidazole rings is 1. The van der Waals surface area contributed by atoms with Crippen LogP contribution in [0, 0.1) is 0 Å². The van der Waals surface area contributed by atoms with E-state index in [4.69, 9.17) is 9.57 Å². The molecule has 3 aromatic heterocycles. The fraction of sp³-hybridized carbons (Fsp3) is 0.429. The number of aromatic nitrogens is 4. The largest absolute Gasteiger partial charge is 0.480 e. The van der Waals surface area contributed by atoms with Crippen molar-refractivity contribution in [2.24, 2.45) is 12.2 Å². The molecule has 0 atom stereocenters. The highest BCUT2D eigenvalue weighted by Crippen LogP contribution is 2.34. The van der Waals surface area contributed by atoms with Gasteiger partial charge in [0.05, 0.1) is 34.9 Å². The minimum atomic E-state index is -4.64. The van der Waals surface area contributed by atoms with Gasteiger partial charge in [-0.1, -0.05) is 12.1 Å². The fourth-order valence-corrected chi connectivity index (χ4v) is 4.16. The van der Waals surface area contributed by atoms with E-state index in [-0.39, 0.29) is 38.9 Å². The molecule has 0 saturated carbocycles. The van der Waals surface area contributed by atoms with Gasteiger partial charge in [-0.15, -0.1) is 0 Å². The number of halogens is 3. The minimum absolute atomic E-state index is 0.00864. The van der Waals surface area contributed by atoms with Crippen molar-refractivity contribution in [3.05, 3.63) is 30.2 Å². The van der Waals surface area contributed by atoms with Crippen LogP contribution in [0.3, 0.4) is 0 Å². The molecule has 34 heavy (non-hydrogen) atoms. The second-order valence-corrected chi connectivity index (χ2v) is 10.2. The molecule has 0 aromatic carbocycles. The lowest BCUT2D eigenvalue weighted by Gasteiger charge is -2.26. The van der Waals surface area contributed by atoms with Crippen molar-refractivity contribution in [1.29, 1.82) is 0 Å². The van der Waals surface area contributed by atoms with E-state index in [1.807, 2.05) is 0 Å². The van der Waals surface area contributed by atoms with E-state index in [2.05, 4.69) is 20.1 Å². The number of oxime groups is 1. The average Bonchev–Trinajstić information content (AvgIpc) is 3.09. The van der Waals surface area contributed by atoms with Gasteiger partial charge in [0.15, 0.2) is 15.7 Å². The van der Waals surface area contributed by atoms with E-state index >= 15 is 0 Å². The molecule has 0 saturated heterocycles. The number of hydrogen-bond donors (Lipinski definition) is 0. The highest BCUT2D eigenvalue weighted by atomic mass is 32.2. The maximum Gasteiger partial charge on any atom is 0.433 e. The molecular weight excluding hydrogens is 475 g/mol. The number of fused-ring (bicyclic) bond motifs is 1. The molecule has 184 valence electrons. The average molecular weight is 500 g/mol. The van der Waals surface area contributed by atoms with Crippen molar-refractivity contribution in [3.63, 3.8) is 0 Å². The lowest BCUT2D eigenvalue weighted by atomic mass is 10.0. The standard InChI is InChI=1S/C21H24F3N5O4S/c1-7-34(30,31)16-8-13(33-20(3,4)12(2)28-32-6)10-26-18(16)19-27-14-9-17(21(22,23)24)25-11-15(14)29(19)5/h8-11H,7H2,1-6H3/b28-12+. The highest BCUT2D eigenvalue weighted by Gasteiger charge is 2.33. The van der Waals surface area contributed by atoms with Crippen LogP contribution in [0.5, 0.6) is 5.75 Å². The summed E-state index contributed by atoms with van der Waals surface area (Å²) in [5, 5.41) is 3.86. The van der Waals surface area contributed by atoms with Crippen molar-refractivity contribution in [2.75, 3.05) is 12.9 Å². The first-order chi connectivity index (χ1) is 15.7. The van der Waals surface area contributed by atoms with Crippen LogP contribution in [-0.2, 0) is 27.9 Å². The zero-order valence-corrected chi connectivity index (χ0v) is 20.2. The van der Waals surface area contributed by atoms with Crippen LogP contribution in [0.25, 0.3) is 22.6 Å². The van der Waals surface area contributed by atoms with Gasteiger partial charge in [-0.2, -0.15) is 13.2 Å². The third-order valence-electron chi connectivity index (χ3n) is 5.28.